The van der Waals surface area contributed by atoms with E-state index in [1.54, 1.807) is 35.5 Å². The summed E-state index contributed by atoms with van der Waals surface area (Å²) in [6.07, 6.45) is 3.70. The number of hydrogen-bond acceptors (Lipinski definition) is 6. The van der Waals surface area contributed by atoms with Gasteiger partial charge in [0.25, 0.3) is 0 Å². The number of carbonyl (C=O) groups is 1. The number of amides is 1. The van der Waals surface area contributed by atoms with Crippen LogP contribution in [-0.2, 0) is 4.74 Å². The minimum atomic E-state index is -0.568. The van der Waals surface area contributed by atoms with E-state index in [0.717, 1.165) is 16.5 Å². The largest absolute Gasteiger partial charge is 0.494 e. The number of likely N-dealkylation sites (tertiary alicyclic amines) is 1. The van der Waals surface area contributed by atoms with E-state index in [0.29, 0.717) is 36.0 Å². The van der Waals surface area contributed by atoms with Gasteiger partial charge in [-0.15, -0.1) is 0 Å². The Morgan fingerprint density at radius 3 is 2.55 bits per heavy atom. The van der Waals surface area contributed by atoms with Crippen molar-refractivity contribution in [2.24, 2.45) is 0 Å². The number of ether oxygens (including phenoxy) is 3. The lowest BCUT2D eigenvalue weighted by atomic mass is 10.1. The summed E-state index contributed by atoms with van der Waals surface area (Å²) >= 11 is 6.59. The van der Waals surface area contributed by atoms with Gasteiger partial charge in [-0.3, -0.25) is 9.67 Å². The number of rotatable bonds is 5. The van der Waals surface area contributed by atoms with Crippen molar-refractivity contribution in [1.29, 1.82) is 0 Å². The minimum absolute atomic E-state index is 0.0681. The first-order valence-electron chi connectivity index (χ1n) is 12.2. The fourth-order valence-electron chi connectivity index (χ4n) is 4.49. The van der Waals surface area contributed by atoms with Crippen molar-refractivity contribution in [2.45, 2.75) is 38.8 Å². The molecule has 0 spiro atoms. The van der Waals surface area contributed by atoms with E-state index in [9.17, 15) is 9.18 Å². The summed E-state index contributed by atoms with van der Waals surface area (Å²) in [5, 5.41) is 6.19. The average Bonchev–Trinajstić information content (AvgIpc) is 3.51. The van der Waals surface area contributed by atoms with Gasteiger partial charge < -0.3 is 19.1 Å². The lowest BCUT2D eigenvalue weighted by Crippen LogP contribution is -2.35. The molecular formula is C28H28ClFN4O4. The molecule has 1 fully saturated rings. The van der Waals surface area contributed by atoms with E-state index in [2.05, 4.69) is 4.98 Å². The maximum Gasteiger partial charge on any atom is 0.410 e. The molecule has 198 valence electrons. The number of hydrogen-bond donors (Lipinski definition) is 0. The molecule has 1 saturated heterocycles. The number of benzene rings is 2. The van der Waals surface area contributed by atoms with Crippen LogP contribution >= 0.6 is 11.6 Å². The molecule has 1 aliphatic heterocycles. The van der Waals surface area contributed by atoms with Crippen molar-refractivity contribution in [3.05, 3.63) is 65.7 Å². The molecule has 4 aromatic rings. The minimum Gasteiger partial charge on any atom is -0.494 e. The zero-order chi connectivity index (χ0) is 27.0. The Labute approximate surface area is 224 Å². The summed E-state index contributed by atoms with van der Waals surface area (Å²) < 4.78 is 32.7. The van der Waals surface area contributed by atoms with Gasteiger partial charge in [-0.05, 0) is 63.6 Å². The Balaban J connectivity index is 1.43. The standard InChI is InChI=1S/C28H28ClFN4O4/c1-28(2,3)38-27(35)33-13-12-18(16-33)34-26-20(14-31-15-21(26)29)25(32-34)17-8-10-19(11-9-17)37-23-7-5-6-22(36-4)24(23)30/h5-11,14-15,18H,12-13,16H2,1-4H3. The van der Waals surface area contributed by atoms with Crippen LogP contribution in [0.4, 0.5) is 9.18 Å². The average molecular weight is 539 g/mol. The topological polar surface area (TPSA) is 78.7 Å². The molecule has 38 heavy (non-hydrogen) atoms. The zero-order valence-electron chi connectivity index (χ0n) is 21.6. The molecular weight excluding hydrogens is 511 g/mol. The Morgan fingerprint density at radius 1 is 1.11 bits per heavy atom. The molecule has 1 amide bonds. The number of pyridine rings is 1. The van der Waals surface area contributed by atoms with Crippen molar-refractivity contribution in [2.75, 3.05) is 20.2 Å². The normalized spacial score (nSPS) is 15.6. The maximum atomic E-state index is 14.5. The Bertz CT molecular complexity index is 1480. The molecule has 0 aliphatic carbocycles. The van der Waals surface area contributed by atoms with Crippen LogP contribution in [0.3, 0.4) is 0 Å². The van der Waals surface area contributed by atoms with Crippen LogP contribution in [0, 0.1) is 5.82 Å². The van der Waals surface area contributed by atoms with Gasteiger partial charge in [0.15, 0.2) is 11.5 Å². The van der Waals surface area contributed by atoms with E-state index >= 15 is 0 Å². The van der Waals surface area contributed by atoms with Crippen LogP contribution in [0.2, 0.25) is 5.02 Å². The number of methoxy groups -OCH3 is 1. The van der Waals surface area contributed by atoms with Crippen LogP contribution < -0.4 is 9.47 Å². The van der Waals surface area contributed by atoms with E-state index in [1.807, 2.05) is 37.6 Å². The lowest BCUT2D eigenvalue weighted by molar-refractivity contribution is 0.0288. The molecule has 0 bridgehead atoms. The van der Waals surface area contributed by atoms with E-state index in [1.165, 1.54) is 19.2 Å². The highest BCUT2D eigenvalue weighted by Crippen LogP contribution is 2.37. The number of fused-ring (bicyclic) bond motifs is 1. The molecule has 1 unspecified atom stereocenters. The summed E-state index contributed by atoms with van der Waals surface area (Å²) in [5.74, 6) is 0.0716. The fourth-order valence-corrected chi connectivity index (χ4v) is 4.74. The first kappa shape index (κ1) is 25.8. The summed E-state index contributed by atoms with van der Waals surface area (Å²) in [4.78, 5) is 18.6. The molecule has 2 aromatic carbocycles. The van der Waals surface area contributed by atoms with Crippen LogP contribution in [-0.4, -0.2) is 51.6 Å². The quantitative estimate of drug-likeness (QED) is 0.276. The van der Waals surface area contributed by atoms with Crippen LogP contribution in [0.5, 0.6) is 17.2 Å². The van der Waals surface area contributed by atoms with Crippen molar-refractivity contribution in [3.63, 3.8) is 0 Å². The van der Waals surface area contributed by atoms with Gasteiger partial charge in [0.2, 0.25) is 5.82 Å². The third kappa shape index (κ3) is 5.11. The molecule has 0 N–H and O–H groups in total. The van der Waals surface area contributed by atoms with Gasteiger partial charge in [0.1, 0.15) is 17.0 Å². The number of halogens is 2. The predicted molar refractivity (Wildman–Crippen MR) is 142 cm³/mol. The fraction of sp³-hybridized carbons (Fsp3) is 0.321. The van der Waals surface area contributed by atoms with Crippen molar-refractivity contribution >= 4 is 28.6 Å². The van der Waals surface area contributed by atoms with Crippen LogP contribution in [0.25, 0.3) is 22.2 Å². The van der Waals surface area contributed by atoms with Crippen LogP contribution in [0.1, 0.15) is 33.2 Å². The SMILES string of the molecule is COc1cccc(Oc2ccc(-c3nn(C4CCN(C(=O)OC(C)(C)C)C4)c4c(Cl)cncc34)cc2)c1F. The van der Waals surface area contributed by atoms with E-state index in [4.69, 9.17) is 30.9 Å². The Hall–Kier alpha value is -3.85. The molecule has 5 rings (SSSR count). The lowest BCUT2D eigenvalue weighted by Gasteiger charge is -2.24. The Morgan fingerprint density at radius 2 is 1.84 bits per heavy atom. The highest BCUT2D eigenvalue weighted by atomic mass is 35.5. The summed E-state index contributed by atoms with van der Waals surface area (Å²) in [5.41, 5.74) is 1.71. The van der Waals surface area contributed by atoms with Gasteiger partial charge in [0, 0.05) is 36.4 Å². The van der Waals surface area contributed by atoms with Crippen molar-refractivity contribution in [3.8, 4) is 28.5 Å². The Kier molecular flexibility index (Phi) is 6.88. The van der Waals surface area contributed by atoms with E-state index in [-0.39, 0.29) is 23.6 Å². The molecule has 1 aliphatic rings. The number of nitrogens with zero attached hydrogens (tertiary/aromatic N) is 4. The zero-order valence-corrected chi connectivity index (χ0v) is 22.3. The summed E-state index contributed by atoms with van der Waals surface area (Å²) in [6, 6.07) is 11.9. The predicted octanol–water partition coefficient (Wildman–Crippen LogP) is 6.87. The maximum absolute atomic E-state index is 14.5. The van der Waals surface area contributed by atoms with Gasteiger partial charge in [-0.2, -0.15) is 9.49 Å². The molecule has 10 heteroatoms. The van der Waals surface area contributed by atoms with Gasteiger partial charge in [-0.25, -0.2) is 4.79 Å². The first-order chi connectivity index (χ1) is 18.1. The van der Waals surface area contributed by atoms with Gasteiger partial charge >= 0.3 is 6.09 Å². The molecule has 3 heterocycles. The summed E-state index contributed by atoms with van der Waals surface area (Å²) in [7, 11) is 1.40. The molecule has 0 saturated carbocycles. The second kappa shape index (κ2) is 10.1. The second-order valence-corrected chi connectivity index (χ2v) is 10.5. The molecule has 1 atom stereocenters. The summed E-state index contributed by atoms with van der Waals surface area (Å²) in [6.45, 7) is 6.57. The van der Waals surface area contributed by atoms with Gasteiger partial charge in [0.05, 0.1) is 23.7 Å². The number of carbonyl (C=O) groups excluding carboxylic acids is 1. The van der Waals surface area contributed by atoms with Crippen molar-refractivity contribution in [1.82, 2.24) is 19.7 Å². The third-order valence-electron chi connectivity index (χ3n) is 6.23. The van der Waals surface area contributed by atoms with Crippen LogP contribution in [0.15, 0.2) is 54.9 Å². The highest BCUT2D eigenvalue weighted by Gasteiger charge is 2.33. The molecule has 2 aromatic heterocycles. The smallest absolute Gasteiger partial charge is 0.410 e. The van der Waals surface area contributed by atoms with Crippen molar-refractivity contribution < 1.29 is 23.4 Å². The molecule has 0 radical (unpaired) electrons. The first-order valence-corrected chi connectivity index (χ1v) is 12.6. The van der Waals surface area contributed by atoms with Gasteiger partial charge in [-0.1, -0.05) is 17.7 Å². The highest BCUT2D eigenvalue weighted by molar-refractivity contribution is 6.35. The monoisotopic (exact) mass is 538 g/mol. The third-order valence-corrected chi connectivity index (χ3v) is 6.51. The number of aromatic nitrogens is 3. The second-order valence-electron chi connectivity index (χ2n) is 10.1. The molecule has 8 nitrogen and oxygen atoms in total. The van der Waals surface area contributed by atoms with E-state index < -0.39 is 11.4 Å².